The molecule has 0 heterocycles. The molecule has 2 amide bonds. The molecule has 0 bridgehead atoms. The van der Waals surface area contributed by atoms with Gasteiger partial charge in [0.15, 0.2) is 0 Å². The van der Waals surface area contributed by atoms with Gasteiger partial charge in [0.1, 0.15) is 24.0 Å². The van der Waals surface area contributed by atoms with Gasteiger partial charge in [-0.25, -0.2) is 13.6 Å². The van der Waals surface area contributed by atoms with Crippen molar-refractivity contribution in [1.82, 2.24) is 5.32 Å². The summed E-state index contributed by atoms with van der Waals surface area (Å²) in [6.45, 7) is 4.49. The van der Waals surface area contributed by atoms with Crippen molar-refractivity contribution in [2.45, 2.75) is 13.8 Å². The minimum absolute atomic E-state index is 0.0839. The number of urea groups is 1. The standard InChI is InChI=1S/C17H18F2N2O2/c1-11-4-3-5-16(12(11)2)23-9-8-20-17(22)21-15-7-6-13(18)10-14(15)19/h3-7,10H,8-9H2,1-2H3,(H2,20,21,22). The van der Waals surface area contributed by atoms with E-state index in [0.717, 1.165) is 29.0 Å². The topological polar surface area (TPSA) is 50.4 Å². The number of carbonyl (C=O) groups excluding carboxylic acids is 1. The SMILES string of the molecule is Cc1cccc(OCCNC(=O)Nc2ccc(F)cc2F)c1C. The fourth-order valence-electron chi connectivity index (χ4n) is 1.96. The molecule has 0 aliphatic carbocycles. The summed E-state index contributed by atoms with van der Waals surface area (Å²) in [7, 11) is 0. The van der Waals surface area contributed by atoms with Gasteiger partial charge in [-0.15, -0.1) is 0 Å². The van der Waals surface area contributed by atoms with Gasteiger partial charge >= 0.3 is 6.03 Å². The minimum atomic E-state index is -0.827. The molecule has 2 N–H and O–H groups in total. The summed E-state index contributed by atoms with van der Waals surface area (Å²) < 4.78 is 31.8. The van der Waals surface area contributed by atoms with E-state index in [9.17, 15) is 13.6 Å². The first-order chi connectivity index (χ1) is 11.0. The Balaban J connectivity index is 1.78. The largest absolute Gasteiger partial charge is 0.491 e. The lowest BCUT2D eigenvalue weighted by Gasteiger charge is -2.12. The molecule has 2 rings (SSSR count). The van der Waals surface area contributed by atoms with E-state index in [4.69, 9.17) is 4.74 Å². The molecule has 0 fully saturated rings. The van der Waals surface area contributed by atoms with Gasteiger partial charge in [-0.05, 0) is 43.2 Å². The third kappa shape index (κ3) is 4.67. The molecule has 0 unspecified atom stereocenters. The maximum atomic E-state index is 13.4. The van der Waals surface area contributed by atoms with E-state index in [-0.39, 0.29) is 18.8 Å². The Morgan fingerprint density at radius 1 is 1.17 bits per heavy atom. The molecule has 0 atom stereocenters. The molecule has 0 radical (unpaired) electrons. The summed E-state index contributed by atoms with van der Waals surface area (Å²) in [6, 6.07) is 8.11. The van der Waals surface area contributed by atoms with Crippen molar-refractivity contribution < 1.29 is 18.3 Å². The van der Waals surface area contributed by atoms with Gasteiger partial charge in [-0.2, -0.15) is 0 Å². The van der Waals surface area contributed by atoms with Crippen molar-refractivity contribution in [3.8, 4) is 5.75 Å². The molecule has 2 aromatic rings. The highest BCUT2D eigenvalue weighted by atomic mass is 19.1. The molecule has 6 heteroatoms. The quantitative estimate of drug-likeness (QED) is 0.824. The molecule has 0 spiro atoms. The Kier molecular flexibility index (Phi) is 5.51. The predicted molar refractivity (Wildman–Crippen MR) is 84.8 cm³/mol. The van der Waals surface area contributed by atoms with Crippen LogP contribution in [0.3, 0.4) is 0 Å². The fourth-order valence-corrected chi connectivity index (χ4v) is 1.96. The number of hydrogen-bond donors (Lipinski definition) is 2. The molecular weight excluding hydrogens is 302 g/mol. The summed E-state index contributed by atoms with van der Waals surface area (Å²) >= 11 is 0. The second kappa shape index (κ2) is 7.58. The third-order valence-corrected chi connectivity index (χ3v) is 3.38. The number of benzene rings is 2. The summed E-state index contributed by atoms with van der Waals surface area (Å²) in [5.74, 6) is -0.765. The van der Waals surface area contributed by atoms with Crippen LogP contribution in [0.1, 0.15) is 11.1 Å². The zero-order valence-corrected chi connectivity index (χ0v) is 13.0. The van der Waals surface area contributed by atoms with Crippen LogP contribution < -0.4 is 15.4 Å². The molecule has 122 valence electrons. The predicted octanol–water partition coefficient (Wildman–Crippen LogP) is 3.78. The fraction of sp³-hybridized carbons (Fsp3) is 0.235. The van der Waals surface area contributed by atoms with E-state index in [1.807, 2.05) is 32.0 Å². The van der Waals surface area contributed by atoms with Crippen LogP contribution in [0.15, 0.2) is 36.4 Å². The number of anilines is 1. The van der Waals surface area contributed by atoms with Crippen LogP contribution in [0, 0.1) is 25.5 Å². The molecule has 23 heavy (non-hydrogen) atoms. The van der Waals surface area contributed by atoms with E-state index in [1.165, 1.54) is 0 Å². The monoisotopic (exact) mass is 320 g/mol. The summed E-state index contributed by atoms with van der Waals surface area (Å²) in [4.78, 5) is 11.6. The van der Waals surface area contributed by atoms with Gasteiger partial charge in [0.2, 0.25) is 0 Å². The first-order valence-electron chi connectivity index (χ1n) is 7.16. The van der Waals surface area contributed by atoms with Crippen LogP contribution in [-0.4, -0.2) is 19.2 Å². The van der Waals surface area contributed by atoms with Crippen LogP contribution in [0.2, 0.25) is 0 Å². The van der Waals surface area contributed by atoms with Crippen molar-refractivity contribution in [2.24, 2.45) is 0 Å². The lowest BCUT2D eigenvalue weighted by Crippen LogP contribution is -2.32. The van der Waals surface area contributed by atoms with Crippen molar-refractivity contribution in [1.29, 1.82) is 0 Å². The maximum absolute atomic E-state index is 13.4. The zero-order valence-electron chi connectivity index (χ0n) is 13.0. The summed E-state index contributed by atoms with van der Waals surface area (Å²) in [5.41, 5.74) is 2.09. The number of ether oxygens (including phenoxy) is 1. The van der Waals surface area contributed by atoms with Crippen LogP contribution >= 0.6 is 0 Å². The van der Waals surface area contributed by atoms with Crippen molar-refractivity contribution in [2.75, 3.05) is 18.5 Å². The van der Waals surface area contributed by atoms with E-state index in [1.54, 1.807) is 0 Å². The normalized spacial score (nSPS) is 10.3. The smallest absolute Gasteiger partial charge is 0.319 e. The average molecular weight is 320 g/mol. The lowest BCUT2D eigenvalue weighted by molar-refractivity contribution is 0.247. The molecule has 0 aromatic heterocycles. The number of hydrogen-bond acceptors (Lipinski definition) is 2. The van der Waals surface area contributed by atoms with Gasteiger partial charge in [0.05, 0.1) is 12.2 Å². The highest BCUT2D eigenvalue weighted by Crippen LogP contribution is 2.20. The Hall–Kier alpha value is -2.63. The third-order valence-electron chi connectivity index (χ3n) is 3.38. The molecular formula is C17H18F2N2O2. The van der Waals surface area contributed by atoms with Crippen LogP contribution in [-0.2, 0) is 0 Å². The first-order valence-corrected chi connectivity index (χ1v) is 7.16. The van der Waals surface area contributed by atoms with Gasteiger partial charge < -0.3 is 15.4 Å². The molecule has 0 saturated carbocycles. The number of halogens is 2. The Labute approximate surface area is 133 Å². The van der Waals surface area contributed by atoms with Gasteiger partial charge in [0, 0.05) is 6.07 Å². The molecule has 0 aliphatic rings. The Bertz CT molecular complexity index is 705. The Morgan fingerprint density at radius 3 is 2.70 bits per heavy atom. The van der Waals surface area contributed by atoms with Gasteiger partial charge in [-0.3, -0.25) is 0 Å². The zero-order chi connectivity index (χ0) is 16.8. The van der Waals surface area contributed by atoms with Gasteiger partial charge in [-0.1, -0.05) is 12.1 Å². The van der Waals surface area contributed by atoms with Crippen LogP contribution in [0.4, 0.5) is 19.3 Å². The molecule has 0 saturated heterocycles. The van der Waals surface area contributed by atoms with Crippen LogP contribution in [0.25, 0.3) is 0 Å². The molecule has 2 aromatic carbocycles. The number of rotatable bonds is 5. The molecule has 4 nitrogen and oxygen atoms in total. The summed E-state index contributed by atoms with van der Waals surface area (Å²) in [5, 5.41) is 4.85. The summed E-state index contributed by atoms with van der Waals surface area (Å²) in [6.07, 6.45) is 0. The highest BCUT2D eigenvalue weighted by Gasteiger charge is 2.07. The van der Waals surface area contributed by atoms with Crippen molar-refractivity contribution in [3.05, 3.63) is 59.2 Å². The number of carbonyl (C=O) groups is 1. The van der Waals surface area contributed by atoms with E-state index >= 15 is 0 Å². The van der Waals surface area contributed by atoms with Crippen molar-refractivity contribution in [3.63, 3.8) is 0 Å². The lowest BCUT2D eigenvalue weighted by atomic mass is 10.1. The highest BCUT2D eigenvalue weighted by molar-refractivity contribution is 5.89. The minimum Gasteiger partial charge on any atom is -0.491 e. The van der Waals surface area contributed by atoms with Crippen molar-refractivity contribution >= 4 is 11.7 Å². The second-order valence-corrected chi connectivity index (χ2v) is 5.05. The second-order valence-electron chi connectivity index (χ2n) is 5.05. The van der Waals surface area contributed by atoms with E-state index in [0.29, 0.717) is 6.07 Å². The number of nitrogens with one attached hydrogen (secondary N) is 2. The number of aryl methyl sites for hydroxylation is 1. The number of amides is 2. The van der Waals surface area contributed by atoms with Crippen LogP contribution in [0.5, 0.6) is 5.75 Å². The molecule has 0 aliphatic heterocycles. The maximum Gasteiger partial charge on any atom is 0.319 e. The average Bonchev–Trinajstić information content (AvgIpc) is 2.50. The van der Waals surface area contributed by atoms with E-state index in [2.05, 4.69) is 10.6 Å². The first kappa shape index (κ1) is 16.7. The van der Waals surface area contributed by atoms with E-state index < -0.39 is 17.7 Å². The Morgan fingerprint density at radius 2 is 1.96 bits per heavy atom. The van der Waals surface area contributed by atoms with Gasteiger partial charge in [0.25, 0.3) is 0 Å².